The van der Waals surface area contributed by atoms with E-state index in [9.17, 15) is 9.59 Å². The number of esters is 1. The Bertz CT molecular complexity index is 1330. The van der Waals surface area contributed by atoms with Gasteiger partial charge in [0.15, 0.2) is 0 Å². The zero-order valence-electron chi connectivity index (χ0n) is 30.0. The number of rotatable bonds is 17. The second-order valence-electron chi connectivity index (χ2n) is 14.2. The number of carbonyl (C=O) groups excluding carboxylic acids is 1. The van der Waals surface area contributed by atoms with Crippen LogP contribution in [0.3, 0.4) is 0 Å². The van der Waals surface area contributed by atoms with Crippen LogP contribution in [0.4, 0.5) is 0 Å². The van der Waals surface area contributed by atoms with Crippen LogP contribution in [0.15, 0.2) is 85.0 Å². The van der Waals surface area contributed by atoms with Crippen LogP contribution in [0.2, 0.25) is 5.04 Å². The summed E-state index contributed by atoms with van der Waals surface area (Å²) in [6, 6.07) is 21.5. The molecule has 3 rings (SSSR count). The molecule has 1 saturated carbocycles. The Morgan fingerprint density at radius 2 is 1.58 bits per heavy atom. The maximum atomic E-state index is 12.0. The topological polar surface area (TPSA) is 72.8 Å². The van der Waals surface area contributed by atoms with E-state index in [1.54, 1.807) is 0 Å². The second-order valence-corrected chi connectivity index (χ2v) is 18.4. The average Bonchev–Trinajstić information content (AvgIpc) is 3.06. The largest absolute Gasteiger partial charge is 0.481 e. The molecular weight excluding hydrogens is 613 g/mol. The van der Waals surface area contributed by atoms with Crippen LogP contribution in [-0.2, 0) is 18.8 Å². The Balaban J connectivity index is 1.93. The lowest BCUT2D eigenvalue weighted by Crippen LogP contribution is -2.67. The highest BCUT2D eigenvalue weighted by Crippen LogP contribution is 2.39. The van der Waals surface area contributed by atoms with Crippen molar-refractivity contribution in [2.75, 3.05) is 0 Å². The number of allylic oxidation sites excluding steroid dienone is 3. The highest BCUT2D eigenvalue weighted by Gasteiger charge is 2.51. The van der Waals surface area contributed by atoms with Gasteiger partial charge in [0.1, 0.15) is 6.10 Å². The van der Waals surface area contributed by atoms with E-state index >= 15 is 0 Å². The van der Waals surface area contributed by atoms with Crippen LogP contribution in [0.5, 0.6) is 0 Å². The summed E-state index contributed by atoms with van der Waals surface area (Å²) in [7, 11) is -2.78. The van der Waals surface area contributed by atoms with Gasteiger partial charge in [-0.2, -0.15) is 0 Å². The molecule has 48 heavy (non-hydrogen) atoms. The molecule has 2 aromatic rings. The Hall–Kier alpha value is -3.40. The fourth-order valence-corrected chi connectivity index (χ4v) is 11.7. The molecule has 1 N–H and O–H groups in total. The summed E-state index contributed by atoms with van der Waals surface area (Å²) in [4.78, 5) is 23.2. The monoisotopic (exact) mass is 670 g/mol. The Labute approximate surface area is 291 Å². The van der Waals surface area contributed by atoms with Crippen molar-refractivity contribution in [3.8, 4) is 11.8 Å². The molecule has 1 fully saturated rings. The smallest absolute Gasteiger partial charge is 0.303 e. The Morgan fingerprint density at radius 1 is 0.938 bits per heavy atom. The molecule has 1 aliphatic rings. The third-order valence-corrected chi connectivity index (χ3v) is 14.5. The number of hydrogen-bond acceptors (Lipinski definition) is 4. The number of carboxylic acids is 1. The summed E-state index contributed by atoms with van der Waals surface area (Å²) in [5.41, 5.74) is 0. The van der Waals surface area contributed by atoms with E-state index in [1.165, 1.54) is 30.1 Å². The fraction of sp³-hybridized carbons (Fsp3) is 0.524. The minimum Gasteiger partial charge on any atom is -0.481 e. The summed E-state index contributed by atoms with van der Waals surface area (Å²) >= 11 is 0. The lowest BCUT2D eigenvalue weighted by Gasteiger charge is -2.44. The van der Waals surface area contributed by atoms with Crippen molar-refractivity contribution < 1.29 is 23.9 Å². The van der Waals surface area contributed by atoms with Gasteiger partial charge in [0.25, 0.3) is 8.32 Å². The fourth-order valence-electron chi connectivity index (χ4n) is 7.10. The number of carbonyl (C=O) groups is 2. The van der Waals surface area contributed by atoms with E-state index in [2.05, 4.69) is 125 Å². The third kappa shape index (κ3) is 11.9. The molecule has 5 nitrogen and oxygen atoms in total. The number of aliphatic carboxylic acids is 1. The summed E-state index contributed by atoms with van der Waals surface area (Å²) in [6.45, 7) is 10.6. The zero-order valence-corrected chi connectivity index (χ0v) is 31.0. The van der Waals surface area contributed by atoms with Crippen molar-refractivity contribution in [3.05, 3.63) is 85.0 Å². The van der Waals surface area contributed by atoms with Gasteiger partial charge in [-0.05, 0) is 53.4 Å². The molecule has 2 aromatic carbocycles. The van der Waals surface area contributed by atoms with Gasteiger partial charge in [0.05, 0.1) is 6.10 Å². The van der Waals surface area contributed by atoms with Gasteiger partial charge in [-0.1, -0.05) is 138 Å². The first kappa shape index (κ1) is 39.0. The zero-order chi connectivity index (χ0) is 34.8. The SMILES string of the molecule is CCCCCC#CCC(/C=C/C=C/[C@H]1CCCC[C@H]1C(CCCC(=O)O)OC(C)=O)O[Si](c1ccccc1)(c1ccccc1)C(C)(C)C. The Morgan fingerprint density at radius 3 is 2.17 bits per heavy atom. The third-order valence-electron chi connectivity index (χ3n) is 9.42. The minimum absolute atomic E-state index is 0.0853. The molecule has 2 unspecified atom stereocenters. The van der Waals surface area contributed by atoms with Gasteiger partial charge in [0, 0.05) is 32.1 Å². The van der Waals surface area contributed by atoms with Gasteiger partial charge in [-0.3, -0.25) is 9.59 Å². The van der Waals surface area contributed by atoms with Crippen molar-refractivity contribution in [1.82, 2.24) is 0 Å². The predicted octanol–water partition coefficient (Wildman–Crippen LogP) is 9.01. The Kier molecular flexibility index (Phi) is 16.4. The van der Waals surface area contributed by atoms with Gasteiger partial charge in [-0.25, -0.2) is 0 Å². The molecule has 0 bridgehead atoms. The first-order valence-electron chi connectivity index (χ1n) is 18.1. The van der Waals surface area contributed by atoms with Gasteiger partial charge in [-0.15, -0.1) is 11.8 Å². The van der Waals surface area contributed by atoms with E-state index < -0.39 is 14.3 Å². The van der Waals surface area contributed by atoms with Crippen LogP contribution in [0.1, 0.15) is 112 Å². The second kappa shape index (κ2) is 20.2. The lowest BCUT2D eigenvalue weighted by atomic mass is 9.75. The highest BCUT2D eigenvalue weighted by atomic mass is 28.4. The van der Waals surface area contributed by atoms with Crippen molar-refractivity contribution in [2.24, 2.45) is 11.8 Å². The summed E-state index contributed by atoms with van der Waals surface area (Å²) in [5, 5.41) is 11.5. The first-order valence-corrected chi connectivity index (χ1v) is 20.0. The summed E-state index contributed by atoms with van der Waals surface area (Å²) in [5.74, 6) is 6.19. The van der Waals surface area contributed by atoms with Gasteiger partial charge < -0.3 is 14.3 Å². The number of unbranched alkanes of at least 4 members (excludes halogenated alkanes) is 3. The van der Waals surface area contributed by atoms with Crippen LogP contribution in [0, 0.1) is 23.7 Å². The molecule has 1 aliphatic carbocycles. The molecule has 0 aliphatic heterocycles. The highest BCUT2D eigenvalue weighted by molar-refractivity contribution is 6.99. The number of carboxylic acid groups (broad SMARTS) is 1. The number of benzene rings is 2. The number of ether oxygens (including phenoxy) is 1. The van der Waals surface area contributed by atoms with E-state index in [-0.39, 0.29) is 41.5 Å². The van der Waals surface area contributed by atoms with Gasteiger partial charge in [0.2, 0.25) is 0 Å². The van der Waals surface area contributed by atoms with Crippen LogP contribution < -0.4 is 10.4 Å². The van der Waals surface area contributed by atoms with E-state index in [1.807, 2.05) is 0 Å². The molecular formula is C42H58O5Si. The van der Waals surface area contributed by atoms with Crippen LogP contribution in [-0.4, -0.2) is 37.6 Å². The van der Waals surface area contributed by atoms with Gasteiger partial charge >= 0.3 is 11.9 Å². The summed E-state index contributed by atoms with van der Waals surface area (Å²) < 4.78 is 13.3. The molecule has 260 valence electrons. The maximum absolute atomic E-state index is 12.0. The molecule has 6 heteroatoms. The van der Waals surface area contributed by atoms with Crippen molar-refractivity contribution >= 4 is 30.6 Å². The molecule has 0 spiro atoms. The molecule has 0 radical (unpaired) electrons. The van der Waals surface area contributed by atoms with Crippen molar-refractivity contribution in [3.63, 3.8) is 0 Å². The number of hydrogen-bond donors (Lipinski definition) is 1. The molecule has 0 saturated heterocycles. The molecule has 4 atom stereocenters. The average molecular weight is 671 g/mol. The normalized spacial score (nSPS) is 18.3. The molecule has 0 heterocycles. The van der Waals surface area contributed by atoms with E-state index in [0.29, 0.717) is 19.3 Å². The van der Waals surface area contributed by atoms with E-state index in [0.717, 1.165) is 38.5 Å². The molecule has 0 aromatic heterocycles. The first-order chi connectivity index (χ1) is 23.1. The van der Waals surface area contributed by atoms with Crippen molar-refractivity contribution in [1.29, 1.82) is 0 Å². The van der Waals surface area contributed by atoms with Crippen LogP contribution >= 0.6 is 0 Å². The lowest BCUT2D eigenvalue weighted by molar-refractivity contribution is -0.151. The maximum Gasteiger partial charge on any atom is 0.303 e. The van der Waals surface area contributed by atoms with E-state index in [4.69, 9.17) is 14.3 Å². The standard InChI is InChI=1S/C42H58O5Si/c1-6-7-8-9-10-13-25-36(47-48(42(3,4)5,37-27-14-11-15-28-37)38-29-16-12-17-30-38)26-20-18-23-35-24-19-21-31-39(35)40(46-34(2)43)32-22-33-41(44)45/h11-12,14-18,20,23,26-30,35-36,39-40H,6-9,19,21-22,24-25,31-33H2,1-5H3,(H,44,45)/b23-18+,26-20+/t35-,36?,39+,40?/m0/s1. The predicted molar refractivity (Wildman–Crippen MR) is 200 cm³/mol. The van der Waals surface area contributed by atoms with Crippen molar-refractivity contribution in [2.45, 2.75) is 129 Å². The quantitative estimate of drug-likeness (QED) is 0.0598. The summed E-state index contributed by atoms with van der Waals surface area (Å²) in [6.07, 6.45) is 18.6. The molecule has 0 amide bonds. The minimum atomic E-state index is -2.78. The van der Waals surface area contributed by atoms with Crippen LogP contribution in [0.25, 0.3) is 0 Å².